The van der Waals surface area contributed by atoms with Crippen LogP contribution in [0, 0.1) is 0 Å². The van der Waals surface area contributed by atoms with Gasteiger partial charge < -0.3 is 9.80 Å². The molecule has 148 valence electrons. The van der Waals surface area contributed by atoms with Gasteiger partial charge in [0.1, 0.15) is 0 Å². The summed E-state index contributed by atoms with van der Waals surface area (Å²) in [4.78, 5) is 20.8. The van der Waals surface area contributed by atoms with Crippen molar-refractivity contribution in [3.8, 4) is 11.3 Å². The number of aryl methyl sites for hydroxylation is 1. The van der Waals surface area contributed by atoms with E-state index in [0.29, 0.717) is 6.42 Å². The molecule has 1 amide bonds. The zero-order valence-electron chi connectivity index (χ0n) is 16.4. The van der Waals surface area contributed by atoms with E-state index in [1.807, 2.05) is 47.4 Å². The minimum Gasteiger partial charge on any atom is -0.352 e. The quantitative estimate of drug-likeness (QED) is 0.650. The molecule has 29 heavy (non-hydrogen) atoms. The van der Waals surface area contributed by atoms with Gasteiger partial charge in [-0.25, -0.2) is 0 Å². The molecule has 1 aliphatic rings. The fourth-order valence-electron chi connectivity index (χ4n) is 3.59. The summed E-state index contributed by atoms with van der Waals surface area (Å²) >= 11 is 0. The van der Waals surface area contributed by atoms with Crippen LogP contribution < -0.4 is 4.90 Å². The van der Waals surface area contributed by atoms with Crippen LogP contribution in [0.5, 0.6) is 0 Å². The maximum absolute atomic E-state index is 12.5. The molecular formula is C23H25N5O. The van der Waals surface area contributed by atoms with Crippen molar-refractivity contribution in [3.05, 3.63) is 72.6 Å². The molecule has 0 radical (unpaired) electrons. The van der Waals surface area contributed by atoms with Crippen molar-refractivity contribution in [3.63, 3.8) is 0 Å². The average Bonchev–Trinajstić information content (AvgIpc) is 2.80. The van der Waals surface area contributed by atoms with Crippen LogP contribution in [0.25, 0.3) is 11.3 Å². The molecule has 1 aliphatic heterocycles. The van der Waals surface area contributed by atoms with E-state index in [-0.39, 0.29) is 5.91 Å². The fraction of sp³-hybridized carbons (Fsp3) is 0.304. The molecule has 0 bridgehead atoms. The largest absolute Gasteiger partial charge is 0.352 e. The van der Waals surface area contributed by atoms with Crippen molar-refractivity contribution in [1.29, 1.82) is 0 Å². The Kier molecular flexibility index (Phi) is 6.10. The highest BCUT2D eigenvalue weighted by Crippen LogP contribution is 2.18. The number of rotatable bonds is 6. The Morgan fingerprint density at radius 2 is 1.72 bits per heavy atom. The predicted octanol–water partition coefficient (Wildman–Crippen LogP) is 3.21. The Hall–Kier alpha value is -3.28. The molecule has 3 heterocycles. The summed E-state index contributed by atoms with van der Waals surface area (Å²) in [6.45, 7) is 3.03. The minimum atomic E-state index is 0.249. The second-order valence-electron chi connectivity index (χ2n) is 7.23. The molecule has 0 unspecified atom stereocenters. The number of piperazine rings is 1. The Balaban J connectivity index is 1.25. The number of anilines is 1. The molecule has 2 aromatic heterocycles. The summed E-state index contributed by atoms with van der Waals surface area (Å²) in [6.07, 6.45) is 5.98. The topological polar surface area (TPSA) is 62.2 Å². The summed E-state index contributed by atoms with van der Waals surface area (Å²) in [5.41, 5.74) is 3.06. The van der Waals surface area contributed by atoms with Crippen molar-refractivity contribution in [2.24, 2.45) is 0 Å². The SMILES string of the molecule is O=C(CCCc1ccccc1)N1CCN(c2ccc(-c3cccnc3)nn2)CC1. The van der Waals surface area contributed by atoms with Crippen LogP contribution in [0.4, 0.5) is 5.82 Å². The van der Waals surface area contributed by atoms with E-state index in [2.05, 4.69) is 32.2 Å². The second-order valence-corrected chi connectivity index (χ2v) is 7.23. The van der Waals surface area contributed by atoms with Crippen LogP contribution in [0.1, 0.15) is 18.4 Å². The maximum Gasteiger partial charge on any atom is 0.222 e. The van der Waals surface area contributed by atoms with Crippen LogP contribution in [0.15, 0.2) is 67.0 Å². The fourth-order valence-corrected chi connectivity index (χ4v) is 3.59. The van der Waals surface area contributed by atoms with E-state index in [1.165, 1.54) is 5.56 Å². The zero-order chi connectivity index (χ0) is 19.9. The summed E-state index contributed by atoms with van der Waals surface area (Å²) < 4.78 is 0. The first-order chi connectivity index (χ1) is 14.3. The smallest absolute Gasteiger partial charge is 0.222 e. The molecule has 1 aromatic carbocycles. The van der Waals surface area contributed by atoms with Gasteiger partial charge in [-0.15, -0.1) is 10.2 Å². The van der Waals surface area contributed by atoms with Gasteiger partial charge in [0.2, 0.25) is 5.91 Å². The van der Waals surface area contributed by atoms with Crippen LogP contribution >= 0.6 is 0 Å². The molecule has 0 aliphatic carbocycles. The van der Waals surface area contributed by atoms with Crippen molar-refractivity contribution in [2.45, 2.75) is 19.3 Å². The van der Waals surface area contributed by atoms with Crippen molar-refractivity contribution in [2.75, 3.05) is 31.1 Å². The van der Waals surface area contributed by atoms with Crippen LogP contribution in [-0.2, 0) is 11.2 Å². The number of carbonyl (C=O) groups is 1. The Labute approximate surface area is 171 Å². The Morgan fingerprint density at radius 1 is 0.897 bits per heavy atom. The number of hydrogen-bond acceptors (Lipinski definition) is 5. The first-order valence-electron chi connectivity index (χ1n) is 10.1. The van der Waals surface area contributed by atoms with Gasteiger partial charge in [0.25, 0.3) is 0 Å². The lowest BCUT2D eigenvalue weighted by molar-refractivity contribution is -0.131. The lowest BCUT2D eigenvalue weighted by Crippen LogP contribution is -2.49. The molecule has 4 rings (SSSR count). The zero-order valence-corrected chi connectivity index (χ0v) is 16.4. The summed E-state index contributed by atoms with van der Waals surface area (Å²) in [7, 11) is 0. The van der Waals surface area contributed by atoms with Gasteiger partial charge >= 0.3 is 0 Å². The third-order valence-electron chi connectivity index (χ3n) is 5.26. The van der Waals surface area contributed by atoms with E-state index >= 15 is 0 Å². The standard InChI is InChI=1S/C23H25N5O/c29-23(10-4-8-19-6-2-1-3-7-19)28-16-14-27(15-17-28)22-12-11-21(25-26-22)20-9-5-13-24-18-20/h1-3,5-7,9,11-13,18H,4,8,10,14-17H2. The number of nitrogens with zero attached hydrogens (tertiary/aromatic N) is 5. The van der Waals surface area contributed by atoms with Gasteiger partial charge in [-0.2, -0.15) is 0 Å². The monoisotopic (exact) mass is 387 g/mol. The third kappa shape index (κ3) is 4.96. The molecular weight excluding hydrogens is 362 g/mol. The first-order valence-corrected chi connectivity index (χ1v) is 10.1. The average molecular weight is 387 g/mol. The molecule has 0 spiro atoms. The van der Waals surface area contributed by atoms with Crippen LogP contribution in [0.3, 0.4) is 0 Å². The number of hydrogen-bond donors (Lipinski definition) is 0. The van der Waals surface area contributed by atoms with Gasteiger partial charge in [-0.3, -0.25) is 9.78 Å². The summed E-state index contributed by atoms with van der Waals surface area (Å²) in [5.74, 6) is 1.10. The lowest BCUT2D eigenvalue weighted by Gasteiger charge is -2.35. The summed E-state index contributed by atoms with van der Waals surface area (Å²) in [5, 5.41) is 8.71. The van der Waals surface area contributed by atoms with Gasteiger partial charge in [0.15, 0.2) is 5.82 Å². The molecule has 0 N–H and O–H groups in total. The van der Waals surface area contributed by atoms with E-state index in [0.717, 1.165) is 56.1 Å². The third-order valence-corrected chi connectivity index (χ3v) is 5.26. The normalized spacial score (nSPS) is 14.1. The van der Waals surface area contributed by atoms with Crippen LogP contribution in [-0.4, -0.2) is 52.2 Å². The number of benzene rings is 1. The lowest BCUT2D eigenvalue weighted by atomic mass is 10.1. The molecule has 0 saturated carbocycles. The number of pyridine rings is 1. The highest BCUT2D eigenvalue weighted by molar-refractivity contribution is 5.76. The molecule has 1 fully saturated rings. The second kappa shape index (κ2) is 9.28. The first kappa shape index (κ1) is 19.1. The Bertz CT molecular complexity index is 907. The van der Waals surface area contributed by atoms with Gasteiger partial charge in [0.05, 0.1) is 5.69 Å². The van der Waals surface area contributed by atoms with Gasteiger partial charge in [-0.1, -0.05) is 30.3 Å². The molecule has 0 atom stereocenters. The number of amides is 1. The van der Waals surface area contributed by atoms with Gasteiger partial charge in [-0.05, 0) is 42.7 Å². The number of carbonyl (C=O) groups excluding carboxylic acids is 1. The van der Waals surface area contributed by atoms with E-state index in [1.54, 1.807) is 12.4 Å². The molecule has 6 nitrogen and oxygen atoms in total. The minimum absolute atomic E-state index is 0.249. The highest BCUT2D eigenvalue weighted by atomic mass is 16.2. The van der Waals surface area contributed by atoms with Crippen molar-refractivity contribution >= 4 is 11.7 Å². The van der Waals surface area contributed by atoms with Crippen molar-refractivity contribution < 1.29 is 4.79 Å². The molecule has 6 heteroatoms. The van der Waals surface area contributed by atoms with Crippen molar-refractivity contribution in [1.82, 2.24) is 20.1 Å². The van der Waals surface area contributed by atoms with E-state index in [4.69, 9.17) is 0 Å². The predicted molar refractivity (Wildman–Crippen MR) is 113 cm³/mol. The molecule has 3 aromatic rings. The maximum atomic E-state index is 12.5. The van der Waals surface area contributed by atoms with E-state index in [9.17, 15) is 4.79 Å². The highest BCUT2D eigenvalue weighted by Gasteiger charge is 2.21. The van der Waals surface area contributed by atoms with E-state index < -0.39 is 0 Å². The Morgan fingerprint density at radius 3 is 2.41 bits per heavy atom. The molecule has 1 saturated heterocycles. The number of aromatic nitrogens is 3. The van der Waals surface area contributed by atoms with Crippen LogP contribution in [0.2, 0.25) is 0 Å². The van der Waals surface area contributed by atoms with Gasteiger partial charge in [0, 0.05) is 50.6 Å². The summed E-state index contributed by atoms with van der Waals surface area (Å²) in [6, 6.07) is 18.2.